The number of hydrogen-bond donors (Lipinski definition) is 2. The molecule has 0 bridgehead atoms. The van der Waals surface area contributed by atoms with Crippen LogP contribution in [-0.2, 0) is 0 Å². The minimum Gasteiger partial charge on any atom is -0.477 e. The summed E-state index contributed by atoms with van der Waals surface area (Å²) in [5, 5.41) is 8.64. The number of ether oxygens (including phenoxy) is 1. The Morgan fingerprint density at radius 2 is 2.19 bits per heavy atom. The number of rotatable bonds is 4. The molecule has 0 saturated carbocycles. The zero-order valence-corrected chi connectivity index (χ0v) is 10.3. The van der Waals surface area contributed by atoms with Gasteiger partial charge >= 0.3 is 5.97 Å². The van der Waals surface area contributed by atoms with Gasteiger partial charge in [0, 0.05) is 12.1 Å². The second-order valence-corrected chi connectivity index (χ2v) is 2.95. The molecule has 0 aromatic carbocycles. The molecule has 1 heterocycles. The molecule has 0 fully saturated rings. The fraction of sp³-hybridized carbons (Fsp3) is 0.333. The largest absolute Gasteiger partial charge is 0.477 e. The molecule has 0 spiro atoms. The smallest absolute Gasteiger partial charge is 0.354 e. The average molecular weight is 269 g/mol. The number of carboxylic acids is 1. The molecule has 0 unspecified atom stereocenters. The first kappa shape index (κ1) is 17.4. The van der Waals surface area contributed by atoms with Crippen molar-refractivity contribution in [1.29, 1.82) is 0 Å². The van der Waals surface area contributed by atoms with Gasteiger partial charge in [-0.25, -0.2) is 9.78 Å². The van der Waals surface area contributed by atoms with Gasteiger partial charge in [-0.3, -0.25) is 0 Å². The molecule has 1 aromatic heterocycles. The number of aromatic nitrogens is 1. The Morgan fingerprint density at radius 3 is 2.69 bits per heavy atom. The maximum atomic E-state index is 10.5. The van der Waals surface area contributed by atoms with E-state index in [2.05, 4.69) is 4.98 Å². The summed E-state index contributed by atoms with van der Waals surface area (Å²) in [5.74, 6) is -0.793. The summed E-state index contributed by atoms with van der Waals surface area (Å²) in [7, 11) is 0. The van der Waals surface area contributed by atoms with E-state index in [0.717, 1.165) is 0 Å². The molecule has 92 valence electrons. The highest BCUT2D eigenvalue weighted by molar-refractivity contribution is 5.86. The lowest BCUT2D eigenvalue weighted by atomic mass is 10.3. The highest BCUT2D eigenvalue weighted by atomic mass is 35.5. The van der Waals surface area contributed by atoms with E-state index >= 15 is 0 Å². The minimum atomic E-state index is -1.07. The van der Waals surface area contributed by atoms with Crippen LogP contribution in [0.5, 0.6) is 5.88 Å². The van der Waals surface area contributed by atoms with Crippen LogP contribution in [-0.4, -0.2) is 28.7 Å². The quantitative estimate of drug-likeness (QED) is 0.861. The second kappa shape index (κ2) is 8.15. The molecule has 0 aliphatic heterocycles. The van der Waals surface area contributed by atoms with Gasteiger partial charge in [-0.15, -0.1) is 24.8 Å². The zero-order valence-electron chi connectivity index (χ0n) is 8.62. The lowest BCUT2D eigenvalue weighted by molar-refractivity contribution is 0.0689. The Labute approximate surface area is 106 Å². The number of nitrogens with two attached hydrogens (primary N) is 1. The number of pyridine rings is 1. The summed E-state index contributed by atoms with van der Waals surface area (Å²) in [4.78, 5) is 14.3. The van der Waals surface area contributed by atoms with E-state index in [0.29, 0.717) is 6.61 Å². The minimum absolute atomic E-state index is 0. The zero-order chi connectivity index (χ0) is 10.6. The van der Waals surface area contributed by atoms with Crippen molar-refractivity contribution in [1.82, 2.24) is 4.98 Å². The average Bonchev–Trinajstić information content (AvgIpc) is 2.15. The Morgan fingerprint density at radius 1 is 1.56 bits per heavy atom. The van der Waals surface area contributed by atoms with Crippen molar-refractivity contribution >= 4 is 30.8 Å². The molecule has 0 radical (unpaired) electrons. The molecule has 16 heavy (non-hydrogen) atoms. The Kier molecular flexibility index (Phi) is 8.84. The van der Waals surface area contributed by atoms with Crippen molar-refractivity contribution < 1.29 is 14.6 Å². The topological polar surface area (TPSA) is 85.4 Å². The Bertz CT molecular complexity index is 334. The molecule has 1 rings (SSSR count). The monoisotopic (exact) mass is 268 g/mol. The van der Waals surface area contributed by atoms with Crippen molar-refractivity contribution in [3.8, 4) is 5.88 Å². The van der Waals surface area contributed by atoms with Crippen molar-refractivity contribution in [2.24, 2.45) is 5.73 Å². The van der Waals surface area contributed by atoms with Gasteiger partial charge in [-0.05, 0) is 13.0 Å². The summed E-state index contributed by atoms with van der Waals surface area (Å²) in [6.07, 6.45) is 0. The standard InChI is InChI=1S/C9H12N2O3.2ClH/c1-6(10)5-14-8-4-2-3-7(11-8)9(12)13;;/h2-4,6H,5,10H2,1H3,(H,12,13);2*1H/t6-;;/m0../s1. The van der Waals surface area contributed by atoms with Gasteiger partial charge in [0.05, 0.1) is 0 Å². The van der Waals surface area contributed by atoms with Crippen molar-refractivity contribution in [3.05, 3.63) is 23.9 Å². The van der Waals surface area contributed by atoms with E-state index < -0.39 is 5.97 Å². The van der Waals surface area contributed by atoms with Crippen LogP contribution in [0.2, 0.25) is 0 Å². The number of carbonyl (C=O) groups is 1. The maximum absolute atomic E-state index is 10.5. The lowest BCUT2D eigenvalue weighted by Crippen LogP contribution is -2.24. The van der Waals surface area contributed by atoms with Crippen LogP contribution >= 0.6 is 24.8 Å². The van der Waals surface area contributed by atoms with Gasteiger partial charge in [-0.2, -0.15) is 0 Å². The molecule has 0 aliphatic carbocycles. The lowest BCUT2D eigenvalue weighted by Gasteiger charge is -2.07. The Balaban J connectivity index is 0. The van der Waals surface area contributed by atoms with Gasteiger partial charge < -0.3 is 15.6 Å². The van der Waals surface area contributed by atoms with Gasteiger partial charge in [-0.1, -0.05) is 6.07 Å². The van der Waals surface area contributed by atoms with Crippen molar-refractivity contribution in [2.75, 3.05) is 6.61 Å². The molecule has 3 N–H and O–H groups in total. The highest BCUT2D eigenvalue weighted by Gasteiger charge is 2.05. The number of hydrogen-bond acceptors (Lipinski definition) is 4. The van der Waals surface area contributed by atoms with Crippen LogP contribution in [0.4, 0.5) is 0 Å². The van der Waals surface area contributed by atoms with Gasteiger partial charge in [0.15, 0.2) is 5.69 Å². The van der Waals surface area contributed by atoms with E-state index in [4.69, 9.17) is 15.6 Å². The van der Waals surface area contributed by atoms with E-state index in [1.54, 1.807) is 19.1 Å². The van der Waals surface area contributed by atoms with Crippen LogP contribution in [0.25, 0.3) is 0 Å². The summed E-state index contributed by atoms with van der Waals surface area (Å²) < 4.78 is 5.16. The predicted octanol–water partition coefficient (Wildman–Crippen LogP) is 1.35. The van der Waals surface area contributed by atoms with E-state index in [1.807, 2.05) is 0 Å². The predicted molar refractivity (Wildman–Crippen MR) is 64.8 cm³/mol. The second-order valence-electron chi connectivity index (χ2n) is 2.95. The molecule has 0 saturated heterocycles. The third-order valence-corrected chi connectivity index (χ3v) is 1.44. The number of nitrogens with zero attached hydrogens (tertiary/aromatic N) is 1. The first-order valence-electron chi connectivity index (χ1n) is 4.18. The van der Waals surface area contributed by atoms with Gasteiger partial charge in [0.2, 0.25) is 5.88 Å². The highest BCUT2D eigenvalue weighted by Crippen LogP contribution is 2.07. The fourth-order valence-corrected chi connectivity index (χ4v) is 0.831. The Hall–Kier alpha value is -1.04. The summed E-state index contributed by atoms with van der Waals surface area (Å²) in [6, 6.07) is 4.47. The first-order valence-corrected chi connectivity index (χ1v) is 4.18. The molecular weight excluding hydrogens is 255 g/mol. The molecule has 1 aromatic rings. The normalized spacial score (nSPS) is 10.6. The van der Waals surface area contributed by atoms with Crippen LogP contribution in [0.1, 0.15) is 17.4 Å². The molecule has 1 atom stereocenters. The summed E-state index contributed by atoms with van der Waals surface area (Å²) in [6.45, 7) is 2.11. The first-order chi connectivity index (χ1) is 6.59. The molecular formula is C9H14Cl2N2O3. The van der Waals surface area contributed by atoms with Crippen LogP contribution in [0.3, 0.4) is 0 Å². The van der Waals surface area contributed by atoms with Crippen LogP contribution < -0.4 is 10.5 Å². The molecule has 5 nitrogen and oxygen atoms in total. The molecule has 7 heteroatoms. The van der Waals surface area contributed by atoms with Crippen molar-refractivity contribution in [3.63, 3.8) is 0 Å². The molecule has 0 amide bonds. The summed E-state index contributed by atoms with van der Waals surface area (Å²) in [5.41, 5.74) is 5.43. The van der Waals surface area contributed by atoms with Crippen molar-refractivity contribution in [2.45, 2.75) is 13.0 Å². The third-order valence-electron chi connectivity index (χ3n) is 1.44. The fourth-order valence-electron chi connectivity index (χ4n) is 0.831. The maximum Gasteiger partial charge on any atom is 0.354 e. The summed E-state index contributed by atoms with van der Waals surface area (Å²) >= 11 is 0. The number of halogens is 2. The van der Waals surface area contributed by atoms with Crippen LogP contribution in [0, 0.1) is 0 Å². The number of aromatic carboxylic acids is 1. The SMILES string of the molecule is C[C@H](N)COc1cccc(C(=O)O)n1.Cl.Cl. The van der Waals surface area contributed by atoms with Gasteiger partial charge in [0.1, 0.15) is 6.61 Å². The van der Waals surface area contributed by atoms with E-state index in [-0.39, 0.29) is 42.4 Å². The number of carboxylic acid groups (broad SMARTS) is 1. The van der Waals surface area contributed by atoms with Gasteiger partial charge in [0.25, 0.3) is 0 Å². The van der Waals surface area contributed by atoms with Crippen LogP contribution in [0.15, 0.2) is 18.2 Å². The third kappa shape index (κ3) is 5.75. The molecule has 0 aliphatic rings. The van der Waals surface area contributed by atoms with E-state index in [9.17, 15) is 4.79 Å². The van der Waals surface area contributed by atoms with E-state index in [1.165, 1.54) is 6.07 Å².